The maximum Gasteiger partial charge on any atom is 0.133 e. The molecular weight excluding hydrogens is 420 g/mol. The van der Waals surface area contributed by atoms with Gasteiger partial charge in [0.05, 0.1) is 0 Å². The van der Waals surface area contributed by atoms with E-state index in [1.54, 1.807) is 6.07 Å². The Morgan fingerprint density at radius 2 is 1.21 bits per heavy atom. The first-order valence-corrected chi connectivity index (χ1v) is 13.0. The second kappa shape index (κ2) is 8.59. The molecule has 0 saturated heterocycles. The van der Waals surface area contributed by atoms with Crippen molar-refractivity contribution < 1.29 is 15.0 Å². The number of aromatic hydroxyl groups is 2. The van der Waals surface area contributed by atoms with Crippen molar-refractivity contribution in [1.82, 2.24) is 0 Å². The van der Waals surface area contributed by atoms with E-state index in [1.165, 1.54) is 47.1 Å². The van der Waals surface area contributed by atoms with Gasteiger partial charge < -0.3 is 10.2 Å². The molecule has 0 spiro atoms. The van der Waals surface area contributed by atoms with Gasteiger partial charge in [0.15, 0.2) is 0 Å². The molecule has 0 bridgehead atoms. The molecule has 0 radical (unpaired) electrons. The van der Waals surface area contributed by atoms with Crippen LogP contribution in [0.1, 0.15) is 99.3 Å². The lowest BCUT2D eigenvalue weighted by molar-refractivity contribution is -0.123. The Labute approximate surface area is 203 Å². The molecular formula is C31H38O3. The Bertz CT molecular complexity index is 1040. The van der Waals surface area contributed by atoms with Crippen molar-refractivity contribution in [3.63, 3.8) is 0 Å². The first-order valence-electron chi connectivity index (χ1n) is 13.0. The first-order chi connectivity index (χ1) is 16.2. The SMILES string of the molecule is C=C1CC[C@]2(C)CCc3cc(O)ccc3[C@H]2C1.C[C@]12CCC(=O)C[C@@H]1c1ccc(O)cc1CC2. The molecule has 0 aliphatic heterocycles. The number of rotatable bonds is 0. The molecule has 4 aliphatic carbocycles. The van der Waals surface area contributed by atoms with E-state index >= 15 is 0 Å². The highest BCUT2D eigenvalue weighted by molar-refractivity contribution is 5.80. The maximum absolute atomic E-state index is 11.7. The van der Waals surface area contributed by atoms with E-state index in [9.17, 15) is 15.0 Å². The predicted molar refractivity (Wildman–Crippen MR) is 136 cm³/mol. The number of carbonyl (C=O) groups is 1. The summed E-state index contributed by atoms with van der Waals surface area (Å²) < 4.78 is 0. The molecule has 180 valence electrons. The fourth-order valence-corrected chi connectivity index (χ4v) is 7.16. The molecule has 34 heavy (non-hydrogen) atoms. The third-order valence-electron chi connectivity index (χ3n) is 9.57. The lowest BCUT2D eigenvalue weighted by atomic mass is 9.58. The van der Waals surface area contributed by atoms with Gasteiger partial charge in [0.1, 0.15) is 17.3 Å². The monoisotopic (exact) mass is 458 g/mol. The zero-order chi connectivity index (χ0) is 24.1. The van der Waals surface area contributed by atoms with Gasteiger partial charge in [-0.3, -0.25) is 4.79 Å². The fraction of sp³-hybridized carbons (Fsp3) is 0.516. The molecule has 6 rings (SSSR count). The normalized spacial score (nSPS) is 31.8. The highest BCUT2D eigenvalue weighted by atomic mass is 16.3. The molecule has 3 heteroatoms. The number of carbonyl (C=O) groups excluding carboxylic acids is 1. The molecule has 4 aliphatic rings. The summed E-state index contributed by atoms with van der Waals surface area (Å²) in [6.45, 7) is 8.93. The van der Waals surface area contributed by atoms with Gasteiger partial charge in [-0.15, -0.1) is 0 Å². The molecule has 2 fully saturated rings. The summed E-state index contributed by atoms with van der Waals surface area (Å²) in [7, 11) is 0. The van der Waals surface area contributed by atoms with Gasteiger partial charge in [0, 0.05) is 12.8 Å². The zero-order valence-corrected chi connectivity index (χ0v) is 20.7. The van der Waals surface area contributed by atoms with Crippen molar-refractivity contribution in [2.45, 2.75) is 89.9 Å². The van der Waals surface area contributed by atoms with Crippen LogP contribution in [0.3, 0.4) is 0 Å². The number of hydrogen-bond acceptors (Lipinski definition) is 3. The number of fused-ring (bicyclic) bond motifs is 6. The van der Waals surface area contributed by atoms with E-state index in [0.717, 1.165) is 38.5 Å². The van der Waals surface area contributed by atoms with Crippen molar-refractivity contribution in [1.29, 1.82) is 0 Å². The number of phenols is 2. The summed E-state index contributed by atoms with van der Waals surface area (Å²) in [5.41, 5.74) is 7.48. The standard InChI is InChI=1S/C16H20O.C15H18O2/c1-11-5-7-16(2)8-6-12-10-13(17)3-4-14(12)15(16)9-11;1-15-6-4-10-8-11(16)2-3-13(10)14(15)9-12(17)5-7-15/h3-4,10,15,17H,1,5-9H2,2H3;2-3,8,14,16H,4-7,9H2,1H3/t15-,16-;14-,15+/m11/s1. The minimum Gasteiger partial charge on any atom is -0.508 e. The lowest BCUT2D eigenvalue weighted by Gasteiger charge is -2.46. The minimum absolute atomic E-state index is 0.290. The van der Waals surface area contributed by atoms with Crippen LogP contribution < -0.4 is 0 Å². The van der Waals surface area contributed by atoms with E-state index in [2.05, 4.69) is 26.5 Å². The Hall–Kier alpha value is -2.55. The Kier molecular flexibility index (Phi) is 5.86. The minimum atomic E-state index is 0.290. The van der Waals surface area contributed by atoms with Crippen LogP contribution in [0.5, 0.6) is 11.5 Å². The van der Waals surface area contributed by atoms with Crippen LogP contribution in [0.25, 0.3) is 0 Å². The average Bonchev–Trinajstić information content (AvgIpc) is 2.81. The van der Waals surface area contributed by atoms with Crippen molar-refractivity contribution in [3.8, 4) is 11.5 Å². The highest BCUT2D eigenvalue weighted by Gasteiger charge is 2.43. The van der Waals surface area contributed by atoms with Crippen LogP contribution in [0.15, 0.2) is 48.6 Å². The summed E-state index contributed by atoms with van der Waals surface area (Å²) in [4.78, 5) is 11.7. The number of Topliss-reactive ketones (excluding diaryl/α,β-unsaturated/α-hetero) is 1. The second-order valence-electron chi connectivity index (χ2n) is 11.9. The second-order valence-corrected chi connectivity index (χ2v) is 11.9. The largest absolute Gasteiger partial charge is 0.508 e. The summed E-state index contributed by atoms with van der Waals surface area (Å²) in [5.74, 6) is 2.13. The summed E-state index contributed by atoms with van der Waals surface area (Å²) in [6, 6.07) is 11.6. The molecule has 2 saturated carbocycles. The van der Waals surface area contributed by atoms with Crippen molar-refractivity contribution in [2.24, 2.45) is 10.8 Å². The molecule has 0 aromatic heterocycles. The molecule has 3 nitrogen and oxygen atoms in total. The van der Waals surface area contributed by atoms with Gasteiger partial charge >= 0.3 is 0 Å². The number of ketones is 1. The molecule has 2 aromatic rings. The van der Waals surface area contributed by atoms with Crippen LogP contribution in [0.2, 0.25) is 0 Å². The van der Waals surface area contributed by atoms with E-state index < -0.39 is 0 Å². The third-order valence-corrected chi connectivity index (χ3v) is 9.57. The Morgan fingerprint density at radius 1 is 0.735 bits per heavy atom. The van der Waals surface area contributed by atoms with E-state index in [0.29, 0.717) is 41.0 Å². The predicted octanol–water partition coefficient (Wildman–Crippen LogP) is 7.35. The Morgan fingerprint density at radius 3 is 1.76 bits per heavy atom. The summed E-state index contributed by atoms with van der Waals surface area (Å²) in [6.07, 6.45) is 10.6. The topological polar surface area (TPSA) is 57.5 Å². The average molecular weight is 459 g/mol. The lowest BCUT2D eigenvalue weighted by Crippen LogP contribution is -2.36. The number of benzene rings is 2. The van der Waals surface area contributed by atoms with Crippen LogP contribution in [-0.4, -0.2) is 16.0 Å². The van der Waals surface area contributed by atoms with Crippen LogP contribution in [-0.2, 0) is 17.6 Å². The van der Waals surface area contributed by atoms with Gasteiger partial charge in [-0.05, 0) is 121 Å². The molecule has 2 N–H and O–H groups in total. The number of allylic oxidation sites excluding steroid dienone is 1. The molecule has 4 atom stereocenters. The van der Waals surface area contributed by atoms with Crippen LogP contribution in [0.4, 0.5) is 0 Å². The van der Waals surface area contributed by atoms with E-state index in [1.807, 2.05) is 24.3 Å². The Balaban J connectivity index is 0.000000142. The molecule has 2 aromatic carbocycles. The number of aryl methyl sites for hydroxylation is 2. The maximum atomic E-state index is 11.7. The first kappa shape index (κ1) is 23.2. The van der Waals surface area contributed by atoms with E-state index in [-0.39, 0.29) is 5.41 Å². The van der Waals surface area contributed by atoms with Gasteiger partial charge in [0.25, 0.3) is 0 Å². The smallest absolute Gasteiger partial charge is 0.133 e. The highest BCUT2D eigenvalue weighted by Crippen LogP contribution is 2.55. The molecule has 0 unspecified atom stereocenters. The molecule has 0 amide bonds. The van der Waals surface area contributed by atoms with Gasteiger partial charge in [-0.1, -0.05) is 38.1 Å². The zero-order valence-electron chi connectivity index (χ0n) is 20.7. The van der Waals surface area contributed by atoms with E-state index in [4.69, 9.17) is 0 Å². The van der Waals surface area contributed by atoms with Gasteiger partial charge in [0.2, 0.25) is 0 Å². The quantitative estimate of drug-likeness (QED) is 0.406. The summed E-state index contributed by atoms with van der Waals surface area (Å²) in [5, 5.41) is 19.1. The van der Waals surface area contributed by atoms with Gasteiger partial charge in [-0.2, -0.15) is 0 Å². The van der Waals surface area contributed by atoms with Gasteiger partial charge in [-0.25, -0.2) is 0 Å². The number of hydrogen-bond donors (Lipinski definition) is 2. The molecule has 0 heterocycles. The fourth-order valence-electron chi connectivity index (χ4n) is 7.16. The number of phenolic OH excluding ortho intramolecular Hbond substituents is 2. The summed E-state index contributed by atoms with van der Waals surface area (Å²) >= 11 is 0. The van der Waals surface area contributed by atoms with Crippen molar-refractivity contribution >= 4 is 5.78 Å². The van der Waals surface area contributed by atoms with Crippen molar-refractivity contribution in [3.05, 3.63) is 70.8 Å². The van der Waals surface area contributed by atoms with Crippen molar-refractivity contribution in [2.75, 3.05) is 0 Å². The van der Waals surface area contributed by atoms with Crippen LogP contribution in [0, 0.1) is 10.8 Å². The third kappa shape index (κ3) is 4.19. The van der Waals surface area contributed by atoms with Crippen LogP contribution >= 0.6 is 0 Å².